The zero-order valence-electron chi connectivity index (χ0n) is 10.8. The Morgan fingerprint density at radius 3 is 2.61 bits per heavy atom. The van der Waals surface area contributed by atoms with Gasteiger partial charge in [0.15, 0.2) is 0 Å². The molecule has 18 heavy (non-hydrogen) atoms. The summed E-state index contributed by atoms with van der Waals surface area (Å²) in [5.74, 6) is -0.148. The molecule has 0 bridgehead atoms. The van der Waals surface area contributed by atoms with Gasteiger partial charge >= 0.3 is 0 Å². The largest absolute Gasteiger partial charge is 0.505 e. The van der Waals surface area contributed by atoms with Crippen molar-refractivity contribution < 1.29 is 9.90 Å². The van der Waals surface area contributed by atoms with E-state index in [-0.39, 0.29) is 11.7 Å². The van der Waals surface area contributed by atoms with Gasteiger partial charge in [0.2, 0.25) is 0 Å². The molecular weight excluding hydrogens is 228 g/mol. The maximum absolute atomic E-state index is 12.3. The zero-order chi connectivity index (χ0) is 13.0. The predicted octanol–water partition coefficient (Wildman–Crippen LogP) is 2.58. The van der Waals surface area contributed by atoms with Crippen molar-refractivity contribution in [3.05, 3.63) is 24.0 Å². The van der Waals surface area contributed by atoms with E-state index in [4.69, 9.17) is 0 Å². The Bertz CT molecular complexity index is 412. The number of aromatic nitrogens is 1. The standard InChI is InChI=1S/C14H20N2O2/c1-16(11-6-4-2-3-5-7-11)14(18)12-8-9-15-10-13(12)17/h8-11,17H,2-7H2,1H3. The highest BCUT2D eigenvalue weighted by Crippen LogP contribution is 2.24. The number of hydrogen-bond donors (Lipinski definition) is 1. The van der Waals surface area contributed by atoms with Crippen LogP contribution in [0.25, 0.3) is 0 Å². The maximum Gasteiger partial charge on any atom is 0.257 e. The molecule has 98 valence electrons. The number of aromatic hydroxyl groups is 1. The van der Waals surface area contributed by atoms with E-state index in [1.165, 1.54) is 38.1 Å². The third-order valence-electron chi connectivity index (χ3n) is 3.72. The van der Waals surface area contributed by atoms with Gasteiger partial charge in [-0.05, 0) is 18.9 Å². The predicted molar refractivity (Wildman–Crippen MR) is 69.5 cm³/mol. The minimum atomic E-state index is -0.109. The van der Waals surface area contributed by atoms with E-state index in [2.05, 4.69) is 4.98 Å². The molecule has 1 heterocycles. The number of carbonyl (C=O) groups is 1. The summed E-state index contributed by atoms with van der Waals surface area (Å²) in [5.41, 5.74) is 0.344. The summed E-state index contributed by atoms with van der Waals surface area (Å²) >= 11 is 0. The van der Waals surface area contributed by atoms with Crippen LogP contribution < -0.4 is 0 Å². The average molecular weight is 248 g/mol. The van der Waals surface area contributed by atoms with Crippen LogP contribution in [0.15, 0.2) is 18.5 Å². The smallest absolute Gasteiger partial charge is 0.257 e. The summed E-state index contributed by atoms with van der Waals surface area (Å²) in [5, 5.41) is 9.67. The van der Waals surface area contributed by atoms with Crippen molar-refractivity contribution in [3.63, 3.8) is 0 Å². The molecule has 4 heteroatoms. The highest BCUT2D eigenvalue weighted by molar-refractivity contribution is 5.96. The van der Waals surface area contributed by atoms with Crippen LogP contribution in [0.1, 0.15) is 48.9 Å². The Hall–Kier alpha value is -1.58. The molecule has 4 nitrogen and oxygen atoms in total. The average Bonchev–Trinajstić information content (AvgIpc) is 2.66. The van der Waals surface area contributed by atoms with Gasteiger partial charge in [0.05, 0.1) is 11.8 Å². The number of hydrogen-bond acceptors (Lipinski definition) is 3. The van der Waals surface area contributed by atoms with E-state index in [1.807, 2.05) is 7.05 Å². The molecule has 0 unspecified atom stereocenters. The molecule has 0 spiro atoms. The Kier molecular flexibility index (Phi) is 4.18. The molecule has 0 saturated heterocycles. The Balaban J connectivity index is 2.10. The van der Waals surface area contributed by atoms with Gasteiger partial charge < -0.3 is 10.0 Å². The van der Waals surface area contributed by atoms with E-state index in [1.54, 1.807) is 11.0 Å². The quantitative estimate of drug-likeness (QED) is 0.818. The zero-order valence-corrected chi connectivity index (χ0v) is 10.8. The molecule has 1 saturated carbocycles. The molecule has 1 aliphatic carbocycles. The monoisotopic (exact) mass is 248 g/mol. The lowest BCUT2D eigenvalue weighted by Gasteiger charge is -2.27. The second-order valence-corrected chi connectivity index (χ2v) is 4.95. The molecule has 0 radical (unpaired) electrons. The molecular formula is C14H20N2O2. The lowest BCUT2D eigenvalue weighted by Crippen LogP contribution is -2.36. The Labute approximate surface area is 108 Å². The number of amides is 1. The number of nitrogens with zero attached hydrogens (tertiary/aromatic N) is 2. The Morgan fingerprint density at radius 1 is 1.33 bits per heavy atom. The van der Waals surface area contributed by atoms with Crippen molar-refractivity contribution in [2.45, 2.75) is 44.6 Å². The molecule has 0 aliphatic heterocycles. The van der Waals surface area contributed by atoms with Crippen molar-refractivity contribution in [1.82, 2.24) is 9.88 Å². The summed E-state index contributed by atoms with van der Waals surface area (Å²) in [6, 6.07) is 1.87. The molecule has 0 aromatic carbocycles. The minimum absolute atomic E-state index is 0.0389. The fourth-order valence-electron chi connectivity index (χ4n) is 2.57. The van der Waals surface area contributed by atoms with E-state index in [9.17, 15) is 9.90 Å². The molecule has 0 atom stereocenters. The first kappa shape index (κ1) is 12.9. The van der Waals surface area contributed by atoms with Crippen LogP contribution in [-0.4, -0.2) is 34.0 Å². The molecule has 1 aromatic rings. The van der Waals surface area contributed by atoms with E-state index in [0.29, 0.717) is 11.6 Å². The normalized spacial score (nSPS) is 17.2. The molecule has 1 amide bonds. The first-order valence-corrected chi connectivity index (χ1v) is 6.60. The van der Waals surface area contributed by atoms with Crippen molar-refractivity contribution in [2.24, 2.45) is 0 Å². The fourth-order valence-corrected chi connectivity index (χ4v) is 2.57. The van der Waals surface area contributed by atoms with E-state index in [0.717, 1.165) is 12.8 Å². The van der Waals surface area contributed by atoms with Gasteiger partial charge in [0.1, 0.15) is 5.75 Å². The van der Waals surface area contributed by atoms with Crippen LogP contribution >= 0.6 is 0 Å². The van der Waals surface area contributed by atoms with Gasteiger partial charge in [-0.3, -0.25) is 9.78 Å². The minimum Gasteiger partial charge on any atom is -0.505 e. The van der Waals surface area contributed by atoms with Crippen molar-refractivity contribution >= 4 is 5.91 Å². The van der Waals surface area contributed by atoms with Crippen molar-refractivity contribution in [1.29, 1.82) is 0 Å². The van der Waals surface area contributed by atoms with E-state index < -0.39 is 0 Å². The number of carbonyl (C=O) groups excluding carboxylic acids is 1. The van der Waals surface area contributed by atoms with Crippen LogP contribution in [-0.2, 0) is 0 Å². The third kappa shape index (κ3) is 2.81. The lowest BCUT2D eigenvalue weighted by atomic mass is 10.1. The Morgan fingerprint density at radius 2 is 2.00 bits per heavy atom. The van der Waals surface area contributed by atoms with Crippen molar-refractivity contribution in [2.75, 3.05) is 7.05 Å². The summed E-state index contributed by atoms with van der Waals surface area (Å²) in [7, 11) is 1.83. The molecule has 1 fully saturated rings. The number of rotatable bonds is 2. The van der Waals surface area contributed by atoms with Crippen LogP contribution in [0, 0.1) is 0 Å². The second kappa shape index (κ2) is 5.85. The fraction of sp³-hybridized carbons (Fsp3) is 0.571. The summed E-state index contributed by atoms with van der Waals surface area (Å²) < 4.78 is 0. The SMILES string of the molecule is CN(C(=O)c1ccncc1O)C1CCCCCC1. The highest BCUT2D eigenvalue weighted by atomic mass is 16.3. The van der Waals surface area contributed by atoms with Gasteiger partial charge in [0, 0.05) is 19.3 Å². The summed E-state index contributed by atoms with van der Waals surface area (Å²) in [4.78, 5) is 17.9. The first-order chi connectivity index (χ1) is 8.70. The third-order valence-corrected chi connectivity index (χ3v) is 3.72. The van der Waals surface area contributed by atoms with Gasteiger partial charge in [-0.1, -0.05) is 25.7 Å². The number of pyridine rings is 1. The van der Waals surface area contributed by atoms with Gasteiger partial charge in [0.25, 0.3) is 5.91 Å². The summed E-state index contributed by atoms with van der Waals surface area (Å²) in [6.45, 7) is 0. The molecule has 1 N–H and O–H groups in total. The van der Waals surface area contributed by atoms with Gasteiger partial charge in [-0.2, -0.15) is 0 Å². The topological polar surface area (TPSA) is 53.4 Å². The summed E-state index contributed by atoms with van der Waals surface area (Å²) in [6.07, 6.45) is 9.87. The molecule has 1 aliphatic rings. The van der Waals surface area contributed by atoms with Crippen LogP contribution in [0.4, 0.5) is 0 Å². The van der Waals surface area contributed by atoms with Gasteiger partial charge in [-0.25, -0.2) is 0 Å². The van der Waals surface area contributed by atoms with Gasteiger partial charge in [-0.15, -0.1) is 0 Å². The molecule has 2 rings (SSSR count). The van der Waals surface area contributed by atoms with Crippen molar-refractivity contribution in [3.8, 4) is 5.75 Å². The van der Waals surface area contributed by atoms with Crippen LogP contribution in [0.3, 0.4) is 0 Å². The lowest BCUT2D eigenvalue weighted by molar-refractivity contribution is 0.0714. The maximum atomic E-state index is 12.3. The highest BCUT2D eigenvalue weighted by Gasteiger charge is 2.23. The second-order valence-electron chi connectivity index (χ2n) is 4.95. The van der Waals surface area contributed by atoms with Crippen LogP contribution in [0.2, 0.25) is 0 Å². The first-order valence-electron chi connectivity index (χ1n) is 6.60. The molecule has 1 aromatic heterocycles. The van der Waals surface area contributed by atoms with E-state index >= 15 is 0 Å². The van der Waals surface area contributed by atoms with Crippen LogP contribution in [0.5, 0.6) is 5.75 Å².